The molecule has 25 heavy (non-hydrogen) atoms. The summed E-state index contributed by atoms with van der Waals surface area (Å²) in [4.78, 5) is 12.9. The predicted molar refractivity (Wildman–Crippen MR) is 103 cm³/mol. The van der Waals surface area contributed by atoms with E-state index in [1.807, 2.05) is 29.6 Å². The van der Waals surface area contributed by atoms with Crippen molar-refractivity contribution in [3.05, 3.63) is 63.9 Å². The Labute approximate surface area is 157 Å². The van der Waals surface area contributed by atoms with Crippen molar-refractivity contribution in [2.24, 2.45) is 0 Å². The van der Waals surface area contributed by atoms with Crippen LogP contribution in [0.3, 0.4) is 0 Å². The molecule has 5 nitrogen and oxygen atoms in total. The number of aromatic nitrogens is 2. The molecule has 3 aromatic rings. The number of nitrogens with zero attached hydrogens (tertiary/aromatic N) is 3. The van der Waals surface area contributed by atoms with Gasteiger partial charge in [-0.3, -0.25) is 10.1 Å². The quantitative estimate of drug-likeness (QED) is 0.387. The van der Waals surface area contributed by atoms with E-state index < -0.39 is 0 Å². The molecular weight excluding hydrogens is 372 g/mol. The first-order valence-corrected chi connectivity index (χ1v) is 9.89. The lowest BCUT2D eigenvalue weighted by molar-refractivity contribution is -0.111. The Hall–Kier alpha value is -2.47. The van der Waals surface area contributed by atoms with Crippen LogP contribution < -0.4 is 5.32 Å². The number of thiophene rings is 1. The molecule has 1 amide bonds. The number of anilines is 1. The maximum absolute atomic E-state index is 11.9. The lowest BCUT2D eigenvalue weighted by atomic mass is 10.2. The molecule has 2 aromatic heterocycles. The first kappa shape index (κ1) is 17.4. The molecule has 0 unspecified atom stereocenters. The van der Waals surface area contributed by atoms with Gasteiger partial charge in [-0.2, -0.15) is 5.26 Å². The minimum Gasteiger partial charge on any atom is -0.297 e. The summed E-state index contributed by atoms with van der Waals surface area (Å²) in [7, 11) is 0. The lowest BCUT2D eigenvalue weighted by Crippen LogP contribution is -2.07. The predicted octanol–water partition coefficient (Wildman–Crippen LogP) is 4.42. The summed E-state index contributed by atoms with van der Waals surface area (Å²) in [6, 6.07) is 13.4. The van der Waals surface area contributed by atoms with Crippen molar-refractivity contribution in [1.29, 1.82) is 5.26 Å². The van der Waals surface area contributed by atoms with Gasteiger partial charge in [0.1, 0.15) is 0 Å². The van der Waals surface area contributed by atoms with Crippen LogP contribution in [0.5, 0.6) is 0 Å². The standard InChI is InChI=1S/C17H12N4OS3/c18-10-12-3-5-13(6-4-12)11-24-17-21-20-16(25-17)19-15(22)8-7-14-2-1-9-23-14/h1-9H,11H2,(H,19,20,22). The molecule has 0 aliphatic rings. The van der Waals surface area contributed by atoms with Gasteiger partial charge in [0.15, 0.2) is 4.34 Å². The minimum absolute atomic E-state index is 0.229. The van der Waals surface area contributed by atoms with E-state index in [1.165, 1.54) is 17.4 Å². The second-order valence-corrected chi connectivity index (χ2v) is 7.99. The van der Waals surface area contributed by atoms with Gasteiger partial charge in [0.25, 0.3) is 0 Å². The zero-order valence-electron chi connectivity index (χ0n) is 12.9. The lowest BCUT2D eigenvalue weighted by Gasteiger charge is -1.98. The van der Waals surface area contributed by atoms with Gasteiger partial charge in [-0.05, 0) is 35.2 Å². The molecule has 8 heteroatoms. The van der Waals surface area contributed by atoms with Crippen LogP contribution in [0, 0.1) is 11.3 Å². The SMILES string of the molecule is N#Cc1ccc(CSc2nnc(NC(=O)C=Cc3cccs3)s2)cc1. The van der Waals surface area contributed by atoms with E-state index in [2.05, 4.69) is 21.6 Å². The summed E-state index contributed by atoms with van der Waals surface area (Å²) >= 11 is 4.45. The Kier molecular flexibility index (Phi) is 5.95. The number of hydrogen-bond acceptors (Lipinski definition) is 7. The van der Waals surface area contributed by atoms with E-state index in [1.54, 1.807) is 41.3 Å². The minimum atomic E-state index is -0.229. The summed E-state index contributed by atoms with van der Waals surface area (Å²) in [5.41, 5.74) is 1.74. The van der Waals surface area contributed by atoms with E-state index in [-0.39, 0.29) is 5.91 Å². The van der Waals surface area contributed by atoms with E-state index in [9.17, 15) is 4.79 Å². The Morgan fingerprint density at radius 3 is 2.84 bits per heavy atom. The smallest absolute Gasteiger partial charge is 0.250 e. The van der Waals surface area contributed by atoms with Gasteiger partial charge < -0.3 is 0 Å². The second kappa shape index (κ2) is 8.58. The number of benzene rings is 1. The fraction of sp³-hybridized carbons (Fsp3) is 0.0588. The van der Waals surface area contributed by atoms with Crippen LogP contribution in [0.25, 0.3) is 6.08 Å². The highest BCUT2D eigenvalue weighted by molar-refractivity contribution is 8.00. The van der Waals surface area contributed by atoms with Crippen LogP contribution in [0.1, 0.15) is 16.0 Å². The zero-order chi connectivity index (χ0) is 17.5. The Balaban J connectivity index is 1.51. The highest BCUT2D eigenvalue weighted by Crippen LogP contribution is 2.28. The van der Waals surface area contributed by atoms with Crippen LogP contribution in [0.2, 0.25) is 0 Å². The van der Waals surface area contributed by atoms with E-state index in [0.29, 0.717) is 10.7 Å². The number of carbonyl (C=O) groups excluding carboxylic acids is 1. The molecule has 124 valence electrons. The topological polar surface area (TPSA) is 78.7 Å². The Morgan fingerprint density at radius 2 is 2.12 bits per heavy atom. The molecule has 0 atom stereocenters. The molecule has 0 spiro atoms. The molecule has 0 radical (unpaired) electrons. The fourth-order valence-corrected chi connectivity index (χ4v) is 4.16. The third-order valence-electron chi connectivity index (χ3n) is 3.02. The van der Waals surface area contributed by atoms with Crippen molar-refractivity contribution < 1.29 is 4.79 Å². The van der Waals surface area contributed by atoms with Crippen LogP contribution in [-0.4, -0.2) is 16.1 Å². The number of carbonyl (C=O) groups is 1. The van der Waals surface area contributed by atoms with Crippen molar-refractivity contribution in [2.45, 2.75) is 10.1 Å². The van der Waals surface area contributed by atoms with Crippen molar-refractivity contribution in [3.8, 4) is 6.07 Å². The van der Waals surface area contributed by atoms with Gasteiger partial charge in [0, 0.05) is 16.7 Å². The maximum Gasteiger partial charge on any atom is 0.250 e. The maximum atomic E-state index is 11.9. The summed E-state index contributed by atoms with van der Waals surface area (Å²) in [6.07, 6.45) is 3.25. The molecule has 2 heterocycles. The van der Waals surface area contributed by atoms with Gasteiger partial charge in [-0.25, -0.2) is 0 Å². The summed E-state index contributed by atoms with van der Waals surface area (Å²) < 4.78 is 0.780. The largest absolute Gasteiger partial charge is 0.297 e. The van der Waals surface area contributed by atoms with Crippen LogP contribution in [0.4, 0.5) is 5.13 Å². The molecular formula is C17H12N4OS3. The Morgan fingerprint density at radius 1 is 1.28 bits per heavy atom. The normalized spacial score (nSPS) is 10.7. The summed E-state index contributed by atoms with van der Waals surface area (Å²) in [5.74, 6) is 0.500. The van der Waals surface area contributed by atoms with Crippen LogP contribution in [0.15, 0.2) is 52.2 Å². The van der Waals surface area contributed by atoms with Crippen molar-refractivity contribution in [3.63, 3.8) is 0 Å². The summed E-state index contributed by atoms with van der Waals surface area (Å²) in [6.45, 7) is 0. The molecule has 3 rings (SSSR count). The van der Waals surface area contributed by atoms with Crippen molar-refractivity contribution in [1.82, 2.24) is 10.2 Å². The van der Waals surface area contributed by atoms with Crippen molar-refractivity contribution in [2.75, 3.05) is 5.32 Å². The number of nitrogens with one attached hydrogen (secondary N) is 1. The highest BCUT2D eigenvalue weighted by Gasteiger charge is 2.07. The molecule has 0 aliphatic carbocycles. The third kappa shape index (κ3) is 5.26. The molecule has 1 aromatic carbocycles. The van der Waals surface area contributed by atoms with Crippen molar-refractivity contribution >= 4 is 51.6 Å². The molecule has 0 fully saturated rings. The highest BCUT2D eigenvalue weighted by atomic mass is 32.2. The van der Waals surface area contributed by atoms with Crippen LogP contribution >= 0.6 is 34.4 Å². The number of rotatable bonds is 6. The van der Waals surface area contributed by atoms with Gasteiger partial charge in [-0.15, -0.1) is 21.5 Å². The Bertz CT molecular complexity index is 908. The molecule has 0 saturated heterocycles. The average molecular weight is 385 g/mol. The summed E-state index contributed by atoms with van der Waals surface area (Å²) in [5, 5.41) is 22.0. The van der Waals surface area contributed by atoms with E-state index in [4.69, 9.17) is 5.26 Å². The van der Waals surface area contributed by atoms with E-state index >= 15 is 0 Å². The van der Waals surface area contributed by atoms with Gasteiger partial charge in [0.2, 0.25) is 11.0 Å². The average Bonchev–Trinajstić information content (AvgIpc) is 3.30. The van der Waals surface area contributed by atoms with Gasteiger partial charge in [-0.1, -0.05) is 41.3 Å². The first-order valence-electron chi connectivity index (χ1n) is 7.21. The van der Waals surface area contributed by atoms with Crippen LogP contribution in [-0.2, 0) is 10.5 Å². The molecule has 0 saturated carbocycles. The number of amides is 1. The number of hydrogen-bond donors (Lipinski definition) is 1. The van der Waals surface area contributed by atoms with Gasteiger partial charge >= 0.3 is 0 Å². The molecule has 1 N–H and O–H groups in total. The van der Waals surface area contributed by atoms with Gasteiger partial charge in [0.05, 0.1) is 11.6 Å². The third-order valence-corrected chi connectivity index (χ3v) is 5.90. The monoisotopic (exact) mass is 384 g/mol. The number of thioether (sulfide) groups is 1. The number of nitriles is 1. The molecule has 0 bridgehead atoms. The van der Waals surface area contributed by atoms with E-state index in [0.717, 1.165) is 20.5 Å². The first-order chi connectivity index (χ1) is 12.2. The zero-order valence-corrected chi connectivity index (χ0v) is 15.3. The fourth-order valence-electron chi connectivity index (χ4n) is 1.83. The molecule has 0 aliphatic heterocycles. The second-order valence-electron chi connectivity index (χ2n) is 4.81.